The van der Waals surface area contributed by atoms with Crippen LogP contribution in [0, 0.1) is 11.3 Å². The molecule has 6 heteroatoms. The van der Waals surface area contributed by atoms with Gasteiger partial charge in [0.05, 0.1) is 0 Å². The molecule has 0 aliphatic carbocycles. The Hall–Kier alpha value is -0.542. The van der Waals surface area contributed by atoms with Crippen LogP contribution in [0.3, 0.4) is 0 Å². The Morgan fingerprint density at radius 3 is 2.46 bits per heavy atom. The van der Waals surface area contributed by atoms with E-state index in [0.717, 1.165) is 0 Å². The molecule has 4 N–H and O–H groups in total. The first-order valence-electron chi connectivity index (χ1n) is 3.94. The van der Waals surface area contributed by atoms with Gasteiger partial charge >= 0.3 is 83.6 Å². The Bertz CT molecular complexity index is 196. The predicted octanol–water partition coefficient (Wildman–Crippen LogP) is -0.0102. The van der Waals surface area contributed by atoms with E-state index in [0.29, 0.717) is 6.42 Å². The van der Waals surface area contributed by atoms with Gasteiger partial charge in [-0.2, -0.15) is 0 Å². The summed E-state index contributed by atoms with van der Waals surface area (Å²) in [6.45, 7) is 3.76. The average Bonchev–Trinajstić information content (AvgIpc) is 2.02. The van der Waals surface area contributed by atoms with E-state index in [9.17, 15) is 4.79 Å². The van der Waals surface area contributed by atoms with Crippen LogP contribution in [0.4, 0.5) is 4.79 Å². The van der Waals surface area contributed by atoms with Gasteiger partial charge in [-0.15, -0.1) is 0 Å². The number of carbonyl (C=O) groups is 1. The molecule has 5 nitrogen and oxygen atoms in total. The van der Waals surface area contributed by atoms with Gasteiger partial charge in [-0.3, -0.25) is 0 Å². The van der Waals surface area contributed by atoms with Crippen molar-refractivity contribution in [3.63, 3.8) is 0 Å². The van der Waals surface area contributed by atoms with Gasteiger partial charge in [0.1, 0.15) is 0 Å². The Morgan fingerprint density at radius 2 is 2.15 bits per heavy atom. The second-order valence-electron chi connectivity index (χ2n) is 3.09. The van der Waals surface area contributed by atoms with E-state index in [4.69, 9.17) is 14.6 Å². The van der Waals surface area contributed by atoms with E-state index < -0.39 is 22.2 Å². The van der Waals surface area contributed by atoms with E-state index in [-0.39, 0.29) is 16.5 Å². The third-order valence-electron chi connectivity index (χ3n) is 1.67. The Kier molecular flexibility index (Phi) is 5.75. The molecule has 0 fully saturated rings. The van der Waals surface area contributed by atoms with Crippen LogP contribution in [0.5, 0.6) is 0 Å². The summed E-state index contributed by atoms with van der Waals surface area (Å²) in [6.07, 6.45) is -0.759. The minimum atomic E-state index is -1.31. The maximum absolute atomic E-state index is 10.4. The summed E-state index contributed by atoms with van der Waals surface area (Å²) in [5.41, 5.74) is 0. The normalized spacial score (nSPS) is 13.5. The Balaban J connectivity index is 4.09. The molecule has 0 bridgehead atoms. The molecule has 2 unspecified atom stereocenters. The molecule has 0 aromatic heterocycles. The van der Waals surface area contributed by atoms with Gasteiger partial charge < -0.3 is 0 Å². The summed E-state index contributed by atoms with van der Waals surface area (Å²) >= 11 is -1.31. The Labute approximate surface area is 84.1 Å². The van der Waals surface area contributed by atoms with E-state index in [1.807, 2.05) is 13.8 Å². The number of rotatable bonds is 5. The van der Waals surface area contributed by atoms with Crippen molar-refractivity contribution in [1.29, 1.82) is 5.41 Å². The quantitative estimate of drug-likeness (QED) is 0.408. The van der Waals surface area contributed by atoms with Crippen molar-refractivity contribution >= 4 is 26.7 Å². The molecule has 0 saturated heterocycles. The fraction of sp³-hybridized carbons (Fsp3) is 0.714. The predicted molar refractivity (Wildman–Crippen MR) is 51.5 cm³/mol. The third-order valence-corrected chi connectivity index (χ3v) is 2.67. The van der Waals surface area contributed by atoms with Gasteiger partial charge in [-0.05, 0) is 0 Å². The first-order chi connectivity index (χ1) is 5.97. The second kappa shape index (κ2) is 6.00. The number of hydrogen-bond acceptors (Lipinski definition) is 3. The van der Waals surface area contributed by atoms with Crippen LogP contribution in [-0.2, 0) is 0 Å². The van der Waals surface area contributed by atoms with Crippen LogP contribution in [-0.4, -0.2) is 41.9 Å². The van der Waals surface area contributed by atoms with Crippen molar-refractivity contribution in [2.45, 2.75) is 26.3 Å². The molecule has 0 aromatic rings. The number of hydrogen-bond donors (Lipinski definition) is 4. The summed E-state index contributed by atoms with van der Waals surface area (Å²) in [7, 11) is 0. The summed E-state index contributed by atoms with van der Waals surface area (Å²) in [4.78, 5) is 10.4. The van der Waals surface area contributed by atoms with Crippen LogP contribution >= 0.6 is 0 Å². The van der Waals surface area contributed by atoms with E-state index in [1.54, 1.807) is 0 Å². The molecule has 13 heavy (non-hydrogen) atoms. The monoisotopic (exact) mass is 250 g/mol. The number of carboxylic acid groups (broad SMARTS) is 1. The zero-order valence-corrected chi connectivity index (χ0v) is 9.76. The molecule has 0 spiro atoms. The third kappa shape index (κ3) is 5.66. The standard InChI is InChI=1S/C7H15AsN2O3/c1-4(2)5(10-7(11)12)3-6(9)8-13/h4-5,8-10,13H,3H2,1-2H3,(H,11,12). The summed E-state index contributed by atoms with van der Waals surface area (Å²) in [5, 5.41) is 18.1. The van der Waals surface area contributed by atoms with E-state index >= 15 is 0 Å². The fourth-order valence-electron chi connectivity index (χ4n) is 0.878. The fourth-order valence-corrected chi connectivity index (χ4v) is 1.53. The molecule has 0 radical (unpaired) electrons. The van der Waals surface area contributed by atoms with Gasteiger partial charge in [0.2, 0.25) is 0 Å². The van der Waals surface area contributed by atoms with Gasteiger partial charge in [-0.1, -0.05) is 0 Å². The van der Waals surface area contributed by atoms with Gasteiger partial charge in [0.25, 0.3) is 0 Å². The molecule has 0 aliphatic rings. The average molecular weight is 250 g/mol. The first-order valence-corrected chi connectivity index (χ1v) is 5.93. The number of nitrogens with one attached hydrogen (secondary N) is 2. The van der Waals surface area contributed by atoms with Crippen LogP contribution in [0.2, 0.25) is 0 Å². The van der Waals surface area contributed by atoms with Crippen LogP contribution in [0.25, 0.3) is 0 Å². The SMILES string of the molecule is CC(C)C(CC(=N)[AsH]O)NC(=O)O. The van der Waals surface area contributed by atoms with Gasteiger partial charge in [-0.25, -0.2) is 0 Å². The van der Waals surface area contributed by atoms with Crippen molar-refractivity contribution in [3.05, 3.63) is 0 Å². The molecule has 1 amide bonds. The molecule has 0 aliphatic heterocycles. The molecule has 0 rings (SSSR count). The topological polar surface area (TPSA) is 93.4 Å². The molecule has 0 aromatic carbocycles. The van der Waals surface area contributed by atoms with Crippen LogP contribution in [0.1, 0.15) is 20.3 Å². The van der Waals surface area contributed by atoms with Crippen molar-refractivity contribution in [2.75, 3.05) is 0 Å². The first kappa shape index (κ1) is 12.5. The molecule has 0 heterocycles. The van der Waals surface area contributed by atoms with Crippen molar-refractivity contribution in [2.24, 2.45) is 5.92 Å². The molecule has 76 valence electrons. The van der Waals surface area contributed by atoms with Crippen molar-refractivity contribution < 1.29 is 14.0 Å². The molecular weight excluding hydrogens is 235 g/mol. The molecule has 0 saturated carbocycles. The summed E-state index contributed by atoms with van der Waals surface area (Å²) in [5.74, 6) is 0.134. The van der Waals surface area contributed by atoms with Crippen molar-refractivity contribution in [3.8, 4) is 0 Å². The Morgan fingerprint density at radius 1 is 1.62 bits per heavy atom. The zero-order chi connectivity index (χ0) is 10.4. The molecular formula is C7H15AsN2O3. The summed E-state index contributed by atoms with van der Waals surface area (Å²) in [6, 6.07) is -0.263. The van der Waals surface area contributed by atoms with Crippen LogP contribution < -0.4 is 5.32 Å². The van der Waals surface area contributed by atoms with Gasteiger partial charge in [0.15, 0.2) is 0 Å². The zero-order valence-electron chi connectivity index (χ0n) is 7.66. The van der Waals surface area contributed by atoms with Crippen LogP contribution in [0.15, 0.2) is 0 Å². The van der Waals surface area contributed by atoms with E-state index in [2.05, 4.69) is 5.32 Å². The number of amides is 1. The van der Waals surface area contributed by atoms with E-state index in [1.165, 1.54) is 0 Å². The summed E-state index contributed by atoms with van der Waals surface area (Å²) < 4.78 is 9.00. The van der Waals surface area contributed by atoms with Gasteiger partial charge in [0, 0.05) is 0 Å². The minimum absolute atomic E-state index is 0.134. The van der Waals surface area contributed by atoms with Crippen molar-refractivity contribution in [1.82, 2.24) is 5.32 Å². The maximum atomic E-state index is 10.4. The molecule has 2 atom stereocenters. The second-order valence-corrected chi connectivity index (χ2v) is 4.83.